The van der Waals surface area contributed by atoms with Gasteiger partial charge in [-0.3, -0.25) is 0 Å². The highest BCUT2D eigenvalue weighted by molar-refractivity contribution is 7.94. The molecular formula is C7H16N2O2S. The maximum Gasteiger partial charge on any atom is 0.174 e. The zero-order valence-corrected chi connectivity index (χ0v) is 8.56. The maximum atomic E-state index is 11.2. The molecule has 0 atom stereocenters. The Hall–Kier alpha value is -0.550. The van der Waals surface area contributed by atoms with Gasteiger partial charge in [-0.05, 0) is 21.0 Å². The van der Waals surface area contributed by atoms with Crippen LogP contribution in [0.4, 0.5) is 0 Å². The average molecular weight is 192 g/mol. The fourth-order valence-corrected chi connectivity index (χ4v) is 1.96. The third kappa shape index (κ3) is 6.18. The summed E-state index contributed by atoms with van der Waals surface area (Å²) in [6.07, 6.45) is 0. The van der Waals surface area contributed by atoms with E-state index in [0.29, 0.717) is 12.2 Å². The van der Waals surface area contributed by atoms with Gasteiger partial charge in [-0.2, -0.15) is 0 Å². The molecule has 0 aromatic rings. The molecule has 72 valence electrons. The standard InChI is InChI=1S/C7H16N2O2S/c1-7(8)6-12(10,11)5-4-9(2)3/h6H,4-5,8H2,1-3H3/b7-6-. The van der Waals surface area contributed by atoms with Crippen LogP contribution in [0, 0.1) is 0 Å². The van der Waals surface area contributed by atoms with E-state index in [1.165, 1.54) is 0 Å². The van der Waals surface area contributed by atoms with Crippen LogP contribution < -0.4 is 5.73 Å². The fourth-order valence-electron chi connectivity index (χ4n) is 0.652. The van der Waals surface area contributed by atoms with Gasteiger partial charge in [0.25, 0.3) is 0 Å². The highest BCUT2D eigenvalue weighted by Gasteiger charge is 2.06. The molecule has 0 saturated carbocycles. The van der Waals surface area contributed by atoms with E-state index in [2.05, 4.69) is 0 Å². The second-order valence-electron chi connectivity index (χ2n) is 3.03. The lowest BCUT2D eigenvalue weighted by Gasteiger charge is -2.07. The van der Waals surface area contributed by atoms with Gasteiger partial charge in [0.15, 0.2) is 9.84 Å². The molecule has 0 heterocycles. The van der Waals surface area contributed by atoms with E-state index in [4.69, 9.17) is 5.73 Å². The van der Waals surface area contributed by atoms with Gasteiger partial charge < -0.3 is 10.6 Å². The number of sulfone groups is 1. The fraction of sp³-hybridized carbons (Fsp3) is 0.714. The summed E-state index contributed by atoms with van der Waals surface area (Å²) in [7, 11) is 0.551. The Labute approximate surface area is 74.0 Å². The lowest BCUT2D eigenvalue weighted by atomic mass is 10.6. The summed E-state index contributed by atoms with van der Waals surface area (Å²) in [6.45, 7) is 2.08. The normalized spacial score (nSPS) is 13.8. The molecule has 0 aromatic carbocycles. The smallest absolute Gasteiger partial charge is 0.174 e. The molecule has 0 radical (unpaired) electrons. The van der Waals surface area contributed by atoms with Crippen molar-refractivity contribution in [3.63, 3.8) is 0 Å². The van der Waals surface area contributed by atoms with Crippen LogP contribution >= 0.6 is 0 Å². The molecular weight excluding hydrogens is 176 g/mol. The Bertz CT molecular complexity index is 251. The largest absolute Gasteiger partial charge is 0.402 e. The quantitative estimate of drug-likeness (QED) is 0.669. The minimum atomic E-state index is -3.10. The van der Waals surface area contributed by atoms with Crippen molar-refractivity contribution in [3.05, 3.63) is 11.1 Å². The van der Waals surface area contributed by atoms with Crippen LogP contribution in [-0.4, -0.2) is 39.7 Å². The third-order valence-corrected chi connectivity index (χ3v) is 2.67. The van der Waals surface area contributed by atoms with Gasteiger partial charge in [0.2, 0.25) is 0 Å². The molecule has 0 aliphatic heterocycles. The molecule has 0 aliphatic carbocycles. The first kappa shape index (κ1) is 11.4. The van der Waals surface area contributed by atoms with E-state index in [-0.39, 0.29) is 5.75 Å². The first-order valence-electron chi connectivity index (χ1n) is 3.65. The van der Waals surface area contributed by atoms with Gasteiger partial charge >= 0.3 is 0 Å². The molecule has 0 aromatic heterocycles. The maximum absolute atomic E-state index is 11.2. The van der Waals surface area contributed by atoms with E-state index < -0.39 is 9.84 Å². The van der Waals surface area contributed by atoms with Crippen molar-refractivity contribution >= 4 is 9.84 Å². The van der Waals surface area contributed by atoms with E-state index in [9.17, 15) is 8.42 Å². The zero-order chi connectivity index (χ0) is 9.78. The van der Waals surface area contributed by atoms with Crippen molar-refractivity contribution in [2.45, 2.75) is 6.92 Å². The van der Waals surface area contributed by atoms with Crippen LogP contribution in [0.5, 0.6) is 0 Å². The summed E-state index contributed by atoms with van der Waals surface area (Å²) in [5, 5.41) is 1.11. The number of nitrogens with zero attached hydrogens (tertiary/aromatic N) is 1. The lowest BCUT2D eigenvalue weighted by Crippen LogP contribution is -2.21. The molecule has 0 aliphatic rings. The summed E-state index contributed by atoms with van der Waals surface area (Å²) in [5.41, 5.74) is 5.58. The van der Waals surface area contributed by atoms with E-state index in [1.54, 1.807) is 6.92 Å². The summed E-state index contributed by atoms with van der Waals surface area (Å²) in [6, 6.07) is 0. The first-order valence-corrected chi connectivity index (χ1v) is 5.36. The van der Waals surface area contributed by atoms with Crippen LogP contribution in [0.25, 0.3) is 0 Å². The highest BCUT2D eigenvalue weighted by Crippen LogP contribution is 1.95. The molecule has 12 heavy (non-hydrogen) atoms. The number of hydrogen-bond donors (Lipinski definition) is 1. The van der Waals surface area contributed by atoms with Crippen molar-refractivity contribution in [3.8, 4) is 0 Å². The molecule has 0 saturated heterocycles. The molecule has 0 amide bonds. The number of allylic oxidation sites excluding steroid dienone is 1. The Balaban J connectivity index is 4.17. The topological polar surface area (TPSA) is 63.4 Å². The Morgan fingerprint density at radius 2 is 2.00 bits per heavy atom. The van der Waals surface area contributed by atoms with Crippen LogP contribution in [-0.2, 0) is 9.84 Å². The second kappa shape index (κ2) is 4.47. The molecule has 4 nitrogen and oxygen atoms in total. The Morgan fingerprint density at radius 3 is 2.33 bits per heavy atom. The molecule has 2 N–H and O–H groups in total. The van der Waals surface area contributed by atoms with Gasteiger partial charge in [0.05, 0.1) is 5.75 Å². The van der Waals surface area contributed by atoms with Gasteiger partial charge in [-0.25, -0.2) is 8.42 Å². The lowest BCUT2D eigenvalue weighted by molar-refractivity contribution is 0.433. The zero-order valence-electron chi connectivity index (χ0n) is 7.74. The van der Waals surface area contributed by atoms with Gasteiger partial charge in [-0.15, -0.1) is 0 Å². The molecule has 0 unspecified atom stereocenters. The highest BCUT2D eigenvalue weighted by atomic mass is 32.2. The van der Waals surface area contributed by atoms with Crippen molar-refractivity contribution in [1.29, 1.82) is 0 Å². The molecule has 0 bridgehead atoms. The van der Waals surface area contributed by atoms with Crippen LogP contribution in [0.15, 0.2) is 11.1 Å². The van der Waals surface area contributed by atoms with Crippen LogP contribution in [0.3, 0.4) is 0 Å². The first-order chi connectivity index (χ1) is 5.33. The minimum Gasteiger partial charge on any atom is -0.402 e. The minimum absolute atomic E-state index is 0.120. The Morgan fingerprint density at radius 1 is 1.50 bits per heavy atom. The summed E-state index contributed by atoms with van der Waals surface area (Å²) in [4.78, 5) is 1.82. The van der Waals surface area contributed by atoms with Crippen LogP contribution in [0.2, 0.25) is 0 Å². The summed E-state index contributed by atoms with van der Waals surface area (Å²) < 4.78 is 22.3. The van der Waals surface area contributed by atoms with Crippen molar-refractivity contribution in [1.82, 2.24) is 4.90 Å². The van der Waals surface area contributed by atoms with E-state index >= 15 is 0 Å². The van der Waals surface area contributed by atoms with E-state index in [1.807, 2.05) is 19.0 Å². The van der Waals surface area contributed by atoms with Gasteiger partial charge in [-0.1, -0.05) is 0 Å². The monoisotopic (exact) mass is 192 g/mol. The van der Waals surface area contributed by atoms with E-state index in [0.717, 1.165) is 5.41 Å². The van der Waals surface area contributed by atoms with Crippen molar-refractivity contribution in [2.24, 2.45) is 5.73 Å². The average Bonchev–Trinajstić information content (AvgIpc) is 1.81. The van der Waals surface area contributed by atoms with Gasteiger partial charge in [0, 0.05) is 17.6 Å². The van der Waals surface area contributed by atoms with Crippen molar-refractivity contribution in [2.75, 3.05) is 26.4 Å². The predicted octanol–water partition coefficient (Wildman–Crippen LogP) is -0.217. The predicted molar refractivity (Wildman–Crippen MR) is 50.3 cm³/mol. The second-order valence-corrected chi connectivity index (χ2v) is 5.00. The van der Waals surface area contributed by atoms with Gasteiger partial charge in [0.1, 0.15) is 0 Å². The summed E-state index contributed by atoms with van der Waals surface area (Å²) in [5.74, 6) is 0.120. The molecule has 0 fully saturated rings. The molecule has 0 rings (SSSR count). The molecule has 0 spiro atoms. The summed E-state index contributed by atoms with van der Waals surface area (Å²) >= 11 is 0. The molecule has 5 heteroatoms. The Kier molecular flexibility index (Phi) is 4.26. The number of hydrogen-bond acceptors (Lipinski definition) is 4. The van der Waals surface area contributed by atoms with Crippen molar-refractivity contribution < 1.29 is 8.42 Å². The number of nitrogens with two attached hydrogens (primary N) is 1. The van der Waals surface area contributed by atoms with Crippen LogP contribution in [0.1, 0.15) is 6.92 Å². The SMILES string of the molecule is C/C(N)=C/S(=O)(=O)CCN(C)C. The number of rotatable bonds is 4. The third-order valence-electron chi connectivity index (χ3n) is 1.19.